The Kier molecular flexibility index (Phi) is 5.83. The molecule has 1 amide bonds. The third kappa shape index (κ3) is 4.58. The summed E-state index contributed by atoms with van der Waals surface area (Å²) in [6.07, 6.45) is 5.85. The first-order valence-corrected chi connectivity index (χ1v) is 13.0. The number of hydrogen-bond acceptors (Lipinski definition) is 7. The van der Waals surface area contributed by atoms with Crippen LogP contribution in [0.5, 0.6) is 0 Å². The van der Waals surface area contributed by atoms with Crippen molar-refractivity contribution in [3.63, 3.8) is 0 Å². The van der Waals surface area contributed by atoms with Gasteiger partial charge < -0.3 is 4.90 Å². The predicted molar refractivity (Wildman–Crippen MR) is 112 cm³/mol. The van der Waals surface area contributed by atoms with Gasteiger partial charge in [-0.15, -0.1) is 5.10 Å². The molecule has 8 nitrogen and oxygen atoms in total. The molecule has 10 heteroatoms. The number of thioether (sulfide) groups is 1. The van der Waals surface area contributed by atoms with Gasteiger partial charge in [0.25, 0.3) is 5.78 Å². The van der Waals surface area contributed by atoms with Gasteiger partial charge in [-0.3, -0.25) is 4.79 Å². The maximum atomic E-state index is 13.2. The summed E-state index contributed by atoms with van der Waals surface area (Å²) < 4.78 is 25.7. The van der Waals surface area contributed by atoms with Crippen LogP contribution in [0.2, 0.25) is 0 Å². The predicted octanol–water partition coefficient (Wildman–Crippen LogP) is 2.18. The van der Waals surface area contributed by atoms with Crippen molar-refractivity contribution in [1.29, 1.82) is 0 Å². The van der Waals surface area contributed by atoms with Gasteiger partial charge in [0.1, 0.15) is 0 Å². The second-order valence-electron chi connectivity index (χ2n) is 8.08. The number of nitrogens with zero attached hydrogens (tertiary/aromatic N) is 5. The minimum Gasteiger partial charge on any atom is -0.335 e. The topological polar surface area (TPSA) is 97.5 Å². The highest BCUT2D eigenvalue weighted by molar-refractivity contribution is 7.99. The molecule has 2 aromatic rings. The Morgan fingerprint density at radius 1 is 1.17 bits per heavy atom. The maximum Gasteiger partial charge on any atom is 0.253 e. The first-order chi connectivity index (χ1) is 13.8. The molecule has 0 unspecified atom stereocenters. The first-order valence-electron chi connectivity index (χ1n) is 10.2. The lowest BCUT2D eigenvalue weighted by Crippen LogP contribution is -2.49. The molecule has 2 aromatic heterocycles. The van der Waals surface area contributed by atoms with Gasteiger partial charge in [-0.05, 0) is 39.2 Å². The molecule has 29 heavy (non-hydrogen) atoms. The molecule has 0 aromatic carbocycles. The van der Waals surface area contributed by atoms with Gasteiger partial charge in [-0.2, -0.15) is 4.98 Å². The van der Waals surface area contributed by atoms with E-state index >= 15 is 0 Å². The number of aryl methyl sites for hydroxylation is 2. The van der Waals surface area contributed by atoms with Gasteiger partial charge in [0, 0.05) is 23.5 Å². The van der Waals surface area contributed by atoms with Crippen molar-refractivity contribution in [2.24, 2.45) is 0 Å². The van der Waals surface area contributed by atoms with Crippen LogP contribution >= 0.6 is 11.8 Å². The van der Waals surface area contributed by atoms with Gasteiger partial charge >= 0.3 is 0 Å². The zero-order valence-corrected chi connectivity index (χ0v) is 18.5. The Labute approximate surface area is 175 Å². The van der Waals surface area contributed by atoms with E-state index in [1.54, 1.807) is 4.52 Å². The van der Waals surface area contributed by atoms with E-state index in [9.17, 15) is 13.2 Å². The molecule has 0 radical (unpaired) electrons. The Bertz CT molecular complexity index is 1010. The van der Waals surface area contributed by atoms with Crippen molar-refractivity contribution in [2.45, 2.75) is 69.6 Å². The summed E-state index contributed by atoms with van der Waals surface area (Å²) >= 11 is 1.30. The Balaban J connectivity index is 1.49. The molecule has 158 valence electrons. The second kappa shape index (κ2) is 8.22. The van der Waals surface area contributed by atoms with Crippen molar-refractivity contribution in [3.05, 3.63) is 17.5 Å². The summed E-state index contributed by atoms with van der Waals surface area (Å²) in [5.41, 5.74) is 1.82. The molecule has 4 rings (SSSR count). The number of sulfone groups is 1. The number of amides is 1. The first kappa shape index (κ1) is 20.6. The van der Waals surface area contributed by atoms with Crippen molar-refractivity contribution < 1.29 is 13.2 Å². The van der Waals surface area contributed by atoms with Crippen molar-refractivity contribution >= 4 is 33.3 Å². The molecule has 2 aliphatic rings. The number of fused-ring (bicyclic) bond motifs is 1. The lowest BCUT2D eigenvalue weighted by atomic mass is 9.93. The zero-order chi connectivity index (χ0) is 20.6. The lowest BCUT2D eigenvalue weighted by Gasteiger charge is -2.38. The monoisotopic (exact) mass is 437 g/mol. The summed E-state index contributed by atoms with van der Waals surface area (Å²) in [5.74, 6) is 1.00. The fourth-order valence-electron chi connectivity index (χ4n) is 4.47. The number of hydrogen-bond donors (Lipinski definition) is 0. The molecule has 1 atom stereocenters. The van der Waals surface area contributed by atoms with Gasteiger partial charge in [-0.25, -0.2) is 17.9 Å². The normalized spacial score (nSPS) is 22.2. The molecule has 0 N–H and O–H groups in total. The van der Waals surface area contributed by atoms with E-state index in [4.69, 9.17) is 0 Å². The average Bonchev–Trinajstić information content (AvgIpc) is 3.24. The molecule has 0 spiro atoms. The Morgan fingerprint density at radius 2 is 1.93 bits per heavy atom. The van der Waals surface area contributed by atoms with Crippen LogP contribution in [0.4, 0.5) is 0 Å². The van der Waals surface area contributed by atoms with E-state index < -0.39 is 9.84 Å². The Hall–Kier alpha value is -1.68. The fourth-order valence-corrected chi connectivity index (χ4v) is 6.87. The average molecular weight is 438 g/mol. The van der Waals surface area contributed by atoms with Gasteiger partial charge in [0.15, 0.2) is 9.84 Å². The number of rotatable bonds is 5. The maximum absolute atomic E-state index is 13.2. The lowest BCUT2D eigenvalue weighted by molar-refractivity contribution is -0.133. The highest BCUT2D eigenvalue weighted by atomic mass is 32.2. The number of carbonyl (C=O) groups excluding carboxylic acids is 1. The van der Waals surface area contributed by atoms with E-state index in [1.165, 1.54) is 18.2 Å². The van der Waals surface area contributed by atoms with Crippen LogP contribution in [0, 0.1) is 13.8 Å². The van der Waals surface area contributed by atoms with Crippen LogP contribution in [-0.2, 0) is 14.6 Å². The molecule has 2 fully saturated rings. The Morgan fingerprint density at radius 3 is 2.62 bits per heavy atom. The molecule has 0 bridgehead atoms. The zero-order valence-electron chi connectivity index (χ0n) is 16.9. The summed E-state index contributed by atoms with van der Waals surface area (Å²) in [6.45, 7) is 3.86. The van der Waals surface area contributed by atoms with Crippen molar-refractivity contribution in [1.82, 2.24) is 24.5 Å². The molecule has 1 aliphatic heterocycles. The molecule has 1 aliphatic carbocycles. The number of carbonyl (C=O) groups is 1. The quantitative estimate of drug-likeness (QED) is 0.661. The largest absolute Gasteiger partial charge is 0.335 e. The van der Waals surface area contributed by atoms with Crippen molar-refractivity contribution in [3.8, 4) is 0 Å². The molecule has 3 heterocycles. The summed E-state index contributed by atoms with van der Waals surface area (Å²) in [5, 5.41) is 4.97. The minimum atomic E-state index is -3.04. The van der Waals surface area contributed by atoms with Gasteiger partial charge in [-0.1, -0.05) is 31.0 Å². The van der Waals surface area contributed by atoms with Crippen LogP contribution < -0.4 is 0 Å². The van der Waals surface area contributed by atoms with Gasteiger partial charge in [0.2, 0.25) is 11.1 Å². The summed E-state index contributed by atoms with van der Waals surface area (Å²) in [7, 11) is -3.04. The van der Waals surface area contributed by atoms with Crippen LogP contribution in [0.15, 0.2) is 11.2 Å². The van der Waals surface area contributed by atoms with E-state index in [2.05, 4.69) is 15.1 Å². The van der Waals surface area contributed by atoms with E-state index in [0.717, 1.165) is 37.1 Å². The van der Waals surface area contributed by atoms with Crippen LogP contribution in [0.1, 0.15) is 49.9 Å². The SMILES string of the molecule is Cc1cc(C)n2nc(SCC(=O)N(C3CCCCC3)[C@H]3CCS(=O)(=O)C3)nc2n1. The van der Waals surface area contributed by atoms with Gasteiger partial charge in [0.05, 0.1) is 17.3 Å². The number of aromatic nitrogens is 4. The second-order valence-corrected chi connectivity index (χ2v) is 11.3. The van der Waals surface area contributed by atoms with Crippen molar-refractivity contribution in [2.75, 3.05) is 17.3 Å². The van der Waals surface area contributed by atoms with Crippen LogP contribution in [-0.4, -0.2) is 68.1 Å². The highest BCUT2D eigenvalue weighted by Crippen LogP contribution is 2.29. The minimum absolute atomic E-state index is 0.0104. The van der Waals surface area contributed by atoms with E-state index in [1.807, 2.05) is 24.8 Å². The van der Waals surface area contributed by atoms with Crippen LogP contribution in [0.25, 0.3) is 5.78 Å². The third-order valence-electron chi connectivity index (χ3n) is 5.78. The fraction of sp³-hybridized carbons (Fsp3) is 0.684. The van der Waals surface area contributed by atoms with E-state index in [0.29, 0.717) is 17.4 Å². The molecule has 1 saturated carbocycles. The van der Waals surface area contributed by atoms with Crippen LogP contribution in [0.3, 0.4) is 0 Å². The third-order valence-corrected chi connectivity index (χ3v) is 8.35. The molecular weight excluding hydrogens is 410 g/mol. The highest BCUT2D eigenvalue weighted by Gasteiger charge is 2.38. The smallest absolute Gasteiger partial charge is 0.253 e. The summed E-state index contributed by atoms with van der Waals surface area (Å²) in [6, 6.07) is 1.89. The standard InChI is InChI=1S/C19H27N5O3S2/c1-13-10-14(2)24-18(20-13)21-19(22-24)28-11-17(25)23(15-6-4-3-5-7-15)16-8-9-29(26,27)12-16/h10,15-16H,3-9,11-12H2,1-2H3/t16-/m0/s1. The van der Waals surface area contributed by atoms with E-state index in [-0.39, 0.29) is 35.2 Å². The molecular formula is C19H27N5O3S2. The molecule has 1 saturated heterocycles. The summed E-state index contributed by atoms with van der Waals surface area (Å²) in [4.78, 5) is 23.9.